The monoisotopic (exact) mass is 474 g/mol. The van der Waals surface area contributed by atoms with E-state index in [4.69, 9.17) is 4.74 Å². The second kappa shape index (κ2) is 12.2. The number of allylic oxidation sites excluding steroid dienone is 1. The second-order valence-electron chi connectivity index (χ2n) is 8.50. The highest BCUT2D eigenvalue weighted by atomic mass is 32.2. The van der Waals surface area contributed by atoms with Gasteiger partial charge in [0, 0.05) is 32.1 Å². The number of benzene rings is 1. The standard InChI is InChI=1S/C25H34N2O3S2/c1-6-27(16-9-7-8-15-25(2,3)4)21-22-12-10-13-23(20-22)30-18-17-26(5)32(28,29)24-14-11-19-31-24/h7,9-14,19-20H,6,16-18,21H2,1-5H3/b9-7+. The van der Waals surface area contributed by atoms with Crippen LogP contribution in [0.3, 0.4) is 0 Å². The van der Waals surface area contributed by atoms with E-state index < -0.39 is 10.0 Å². The van der Waals surface area contributed by atoms with Crippen LogP contribution in [0.4, 0.5) is 0 Å². The molecule has 5 nitrogen and oxygen atoms in total. The van der Waals surface area contributed by atoms with E-state index in [2.05, 4.69) is 56.6 Å². The third-order valence-electron chi connectivity index (χ3n) is 4.60. The molecule has 0 N–H and O–H groups in total. The Balaban J connectivity index is 1.87. The lowest BCUT2D eigenvalue weighted by atomic mass is 9.98. The fraction of sp³-hybridized carbons (Fsp3) is 0.440. The van der Waals surface area contributed by atoms with Gasteiger partial charge in [0.05, 0.1) is 0 Å². The first-order chi connectivity index (χ1) is 15.1. The predicted molar refractivity (Wildman–Crippen MR) is 133 cm³/mol. The minimum atomic E-state index is -3.45. The molecule has 0 atom stereocenters. The van der Waals surface area contributed by atoms with E-state index >= 15 is 0 Å². The largest absolute Gasteiger partial charge is 0.492 e. The number of nitrogens with zero attached hydrogens (tertiary/aromatic N) is 2. The molecule has 0 unspecified atom stereocenters. The second-order valence-corrected chi connectivity index (χ2v) is 11.7. The van der Waals surface area contributed by atoms with Crippen LogP contribution >= 0.6 is 11.3 Å². The molecule has 1 aromatic heterocycles. The highest BCUT2D eigenvalue weighted by Gasteiger charge is 2.21. The molecule has 2 rings (SSSR count). The first-order valence-electron chi connectivity index (χ1n) is 10.7. The maximum absolute atomic E-state index is 12.5. The van der Waals surface area contributed by atoms with Crippen molar-refractivity contribution in [1.82, 2.24) is 9.21 Å². The smallest absolute Gasteiger partial charge is 0.252 e. The van der Waals surface area contributed by atoms with Gasteiger partial charge >= 0.3 is 0 Å². The number of hydrogen-bond acceptors (Lipinski definition) is 5. The van der Waals surface area contributed by atoms with Crippen molar-refractivity contribution in [2.75, 3.05) is 33.3 Å². The van der Waals surface area contributed by atoms with Gasteiger partial charge in [-0.2, -0.15) is 4.31 Å². The molecule has 0 aliphatic rings. The van der Waals surface area contributed by atoms with Crippen LogP contribution in [0.5, 0.6) is 5.75 Å². The quantitative estimate of drug-likeness (QED) is 0.436. The molecule has 2 aromatic rings. The Morgan fingerprint density at radius 1 is 1.19 bits per heavy atom. The van der Waals surface area contributed by atoms with Crippen molar-refractivity contribution in [2.24, 2.45) is 5.41 Å². The van der Waals surface area contributed by atoms with Crippen LogP contribution in [0.1, 0.15) is 33.3 Å². The maximum atomic E-state index is 12.5. The number of sulfonamides is 1. The Hall–Kier alpha value is -2.11. The number of ether oxygens (including phenoxy) is 1. The average molecular weight is 475 g/mol. The van der Waals surface area contributed by atoms with Crippen molar-refractivity contribution in [1.29, 1.82) is 0 Å². The Morgan fingerprint density at radius 2 is 1.97 bits per heavy atom. The van der Waals surface area contributed by atoms with Crippen LogP contribution < -0.4 is 4.74 Å². The lowest BCUT2D eigenvalue weighted by Gasteiger charge is -2.19. The normalized spacial score (nSPS) is 12.3. The van der Waals surface area contributed by atoms with Gasteiger partial charge < -0.3 is 4.74 Å². The molecule has 0 amide bonds. The summed E-state index contributed by atoms with van der Waals surface area (Å²) < 4.78 is 32.5. The molecule has 174 valence electrons. The molecular formula is C25H34N2O3S2. The fourth-order valence-corrected chi connectivity index (χ4v) is 5.15. The number of likely N-dealkylation sites (N-methyl/N-ethyl adjacent to an activating group) is 2. The maximum Gasteiger partial charge on any atom is 0.252 e. The molecule has 32 heavy (non-hydrogen) atoms. The van der Waals surface area contributed by atoms with Gasteiger partial charge in [0.25, 0.3) is 10.0 Å². The van der Waals surface area contributed by atoms with Crippen molar-refractivity contribution < 1.29 is 13.2 Å². The number of rotatable bonds is 11. The third kappa shape index (κ3) is 8.79. The molecule has 0 spiro atoms. The molecule has 0 radical (unpaired) electrons. The van der Waals surface area contributed by atoms with Crippen molar-refractivity contribution in [3.05, 3.63) is 59.5 Å². The Morgan fingerprint density at radius 3 is 2.62 bits per heavy atom. The molecule has 0 fully saturated rings. The van der Waals surface area contributed by atoms with Crippen LogP contribution in [-0.2, 0) is 16.6 Å². The summed E-state index contributed by atoms with van der Waals surface area (Å²) in [5.41, 5.74) is 1.16. The lowest BCUT2D eigenvalue weighted by molar-refractivity contribution is 0.284. The first kappa shape index (κ1) is 26.1. The van der Waals surface area contributed by atoms with Crippen molar-refractivity contribution in [3.63, 3.8) is 0 Å². The van der Waals surface area contributed by atoms with Crippen molar-refractivity contribution >= 4 is 21.4 Å². The van der Waals surface area contributed by atoms with E-state index in [0.29, 0.717) is 4.21 Å². The van der Waals surface area contributed by atoms with E-state index in [1.54, 1.807) is 24.6 Å². The van der Waals surface area contributed by atoms with Crippen LogP contribution in [0, 0.1) is 17.3 Å². The first-order valence-corrected chi connectivity index (χ1v) is 13.1. The van der Waals surface area contributed by atoms with E-state index in [0.717, 1.165) is 30.9 Å². The third-order valence-corrected chi connectivity index (χ3v) is 7.83. The fourth-order valence-electron chi connectivity index (χ4n) is 2.79. The Kier molecular flexibility index (Phi) is 9.98. The lowest BCUT2D eigenvalue weighted by Crippen LogP contribution is -2.30. The summed E-state index contributed by atoms with van der Waals surface area (Å²) in [4.78, 5) is 2.32. The molecule has 1 heterocycles. The molecule has 0 saturated heterocycles. The van der Waals surface area contributed by atoms with Gasteiger partial charge in [-0.15, -0.1) is 11.3 Å². The Bertz CT molecular complexity index is 1030. The zero-order valence-corrected chi connectivity index (χ0v) is 21.3. The van der Waals surface area contributed by atoms with Gasteiger partial charge in [-0.05, 0) is 62.5 Å². The van der Waals surface area contributed by atoms with Gasteiger partial charge in [0.1, 0.15) is 16.6 Å². The van der Waals surface area contributed by atoms with Crippen molar-refractivity contribution in [3.8, 4) is 17.6 Å². The number of hydrogen-bond donors (Lipinski definition) is 0. The van der Waals surface area contributed by atoms with Crippen LogP contribution in [0.2, 0.25) is 0 Å². The van der Waals surface area contributed by atoms with Gasteiger partial charge in [-0.3, -0.25) is 4.90 Å². The SMILES string of the molecule is CCN(C/C=C/C#CC(C)(C)C)Cc1cccc(OCCN(C)S(=O)(=O)c2cccs2)c1. The van der Waals surface area contributed by atoms with E-state index in [1.165, 1.54) is 15.6 Å². The van der Waals surface area contributed by atoms with E-state index in [-0.39, 0.29) is 18.6 Å². The summed E-state index contributed by atoms with van der Waals surface area (Å²) in [5, 5.41) is 1.76. The molecule has 0 saturated carbocycles. The topological polar surface area (TPSA) is 49.9 Å². The zero-order chi connectivity index (χ0) is 23.6. The highest BCUT2D eigenvalue weighted by molar-refractivity contribution is 7.91. The van der Waals surface area contributed by atoms with Crippen LogP contribution in [-0.4, -0.2) is 50.9 Å². The molecule has 7 heteroatoms. The van der Waals surface area contributed by atoms with Gasteiger partial charge in [-0.1, -0.05) is 43.0 Å². The summed E-state index contributed by atoms with van der Waals surface area (Å²) in [6, 6.07) is 11.3. The molecule has 0 aliphatic heterocycles. The average Bonchev–Trinajstić information content (AvgIpc) is 3.28. The van der Waals surface area contributed by atoms with Crippen molar-refractivity contribution in [2.45, 2.75) is 38.4 Å². The van der Waals surface area contributed by atoms with Gasteiger partial charge in [-0.25, -0.2) is 8.42 Å². The summed E-state index contributed by atoms with van der Waals surface area (Å²) in [7, 11) is -1.87. The van der Waals surface area contributed by atoms with E-state index in [9.17, 15) is 8.42 Å². The molecule has 1 aromatic carbocycles. The predicted octanol–water partition coefficient (Wildman–Crippen LogP) is 4.88. The zero-order valence-electron chi connectivity index (χ0n) is 19.7. The Labute approximate surface area is 197 Å². The summed E-state index contributed by atoms with van der Waals surface area (Å²) in [5.74, 6) is 7.05. The number of thiophene rings is 1. The minimum absolute atomic E-state index is 0.0121. The van der Waals surface area contributed by atoms with Crippen LogP contribution in [0.15, 0.2) is 58.1 Å². The summed E-state index contributed by atoms with van der Waals surface area (Å²) >= 11 is 1.22. The highest BCUT2D eigenvalue weighted by Crippen LogP contribution is 2.20. The van der Waals surface area contributed by atoms with Gasteiger partial charge in [0.15, 0.2) is 0 Å². The van der Waals surface area contributed by atoms with Crippen LogP contribution in [0.25, 0.3) is 0 Å². The molecule has 0 bridgehead atoms. The summed E-state index contributed by atoms with van der Waals surface area (Å²) in [6.45, 7) is 11.6. The minimum Gasteiger partial charge on any atom is -0.492 e. The molecular weight excluding hydrogens is 440 g/mol. The summed E-state index contributed by atoms with van der Waals surface area (Å²) in [6.07, 6.45) is 4.01. The van der Waals surface area contributed by atoms with Gasteiger partial charge in [0.2, 0.25) is 0 Å². The molecule has 0 aliphatic carbocycles. The van der Waals surface area contributed by atoms with E-state index in [1.807, 2.05) is 24.3 Å².